The van der Waals surface area contributed by atoms with Gasteiger partial charge in [0.05, 0.1) is 11.3 Å². The molecule has 0 atom stereocenters. The van der Waals surface area contributed by atoms with Gasteiger partial charge in [-0.15, -0.1) is 0 Å². The maximum atomic E-state index is 11.0. The predicted octanol–water partition coefficient (Wildman–Crippen LogP) is 2.77. The minimum absolute atomic E-state index is 0.184. The molecule has 0 saturated heterocycles. The van der Waals surface area contributed by atoms with Crippen LogP contribution in [-0.4, -0.2) is 21.0 Å². The van der Waals surface area contributed by atoms with E-state index in [0.29, 0.717) is 17.9 Å². The van der Waals surface area contributed by atoms with Gasteiger partial charge in [-0.1, -0.05) is 6.92 Å². The summed E-state index contributed by atoms with van der Waals surface area (Å²) in [6.07, 6.45) is 1.97. The molecule has 17 heavy (non-hydrogen) atoms. The van der Waals surface area contributed by atoms with Crippen LogP contribution in [-0.2, 0) is 6.42 Å². The van der Waals surface area contributed by atoms with Crippen LogP contribution in [0.2, 0.25) is 0 Å². The van der Waals surface area contributed by atoms with Gasteiger partial charge in [-0.3, -0.25) is 0 Å². The van der Waals surface area contributed by atoms with Crippen molar-refractivity contribution in [3.8, 4) is 11.4 Å². The molecule has 4 nitrogen and oxygen atoms in total. The maximum Gasteiger partial charge on any atom is 0.339 e. The molecular formula is C12H12N2O2S. The van der Waals surface area contributed by atoms with Gasteiger partial charge in [0.25, 0.3) is 0 Å². The van der Waals surface area contributed by atoms with Crippen LogP contribution < -0.4 is 0 Å². The monoisotopic (exact) mass is 248 g/mol. The average molecular weight is 248 g/mol. The Balaban J connectivity index is 2.52. The molecule has 0 aliphatic carbocycles. The Morgan fingerprint density at radius 3 is 2.76 bits per heavy atom. The van der Waals surface area contributed by atoms with E-state index in [1.807, 2.05) is 24.6 Å². The zero-order valence-corrected chi connectivity index (χ0v) is 10.4. The zero-order valence-electron chi connectivity index (χ0n) is 9.60. The number of carbonyl (C=O) groups is 1. The van der Waals surface area contributed by atoms with Gasteiger partial charge in [0.2, 0.25) is 0 Å². The van der Waals surface area contributed by atoms with Crippen LogP contribution in [0.25, 0.3) is 11.4 Å². The van der Waals surface area contributed by atoms with Gasteiger partial charge in [-0.05, 0) is 24.3 Å². The van der Waals surface area contributed by atoms with Gasteiger partial charge >= 0.3 is 5.97 Å². The van der Waals surface area contributed by atoms with E-state index in [1.165, 1.54) is 6.20 Å². The number of thiophene rings is 1. The van der Waals surface area contributed by atoms with Gasteiger partial charge in [-0.25, -0.2) is 14.8 Å². The third kappa shape index (κ3) is 2.19. The molecule has 0 spiro atoms. The van der Waals surface area contributed by atoms with E-state index < -0.39 is 5.97 Å². The first-order valence-electron chi connectivity index (χ1n) is 5.25. The first kappa shape index (κ1) is 11.7. The van der Waals surface area contributed by atoms with Crippen LogP contribution in [0, 0.1) is 6.92 Å². The number of aryl methyl sites for hydroxylation is 2. The molecule has 0 fully saturated rings. The first-order valence-corrected chi connectivity index (χ1v) is 6.20. The summed E-state index contributed by atoms with van der Waals surface area (Å²) in [4.78, 5) is 19.4. The van der Waals surface area contributed by atoms with Gasteiger partial charge in [-0.2, -0.15) is 11.3 Å². The smallest absolute Gasteiger partial charge is 0.339 e. The summed E-state index contributed by atoms with van der Waals surface area (Å²) in [6, 6.07) is 0. The molecule has 0 radical (unpaired) electrons. The second-order valence-electron chi connectivity index (χ2n) is 3.68. The molecule has 0 bridgehead atoms. The van der Waals surface area contributed by atoms with Gasteiger partial charge in [0.1, 0.15) is 0 Å². The van der Waals surface area contributed by atoms with Gasteiger partial charge < -0.3 is 5.11 Å². The Morgan fingerprint density at radius 1 is 1.47 bits per heavy atom. The Kier molecular flexibility index (Phi) is 3.19. The molecule has 5 heteroatoms. The fourth-order valence-electron chi connectivity index (χ4n) is 1.58. The highest BCUT2D eigenvalue weighted by Gasteiger charge is 2.14. The van der Waals surface area contributed by atoms with Crippen molar-refractivity contribution in [1.29, 1.82) is 0 Å². The van der Waals surface area contributed by atoms with E-state index in [9.17, 15) is 4.79 Å². The molecule has 88 valence electrons. The summed E-state index contributed by atoms with van der Waals surface area (Å²) in [6.45, 7) is 3.88. The van der Waals surface area contributed by atoms with Crippen molar-refractivity contribution in [3.05, 3.63) is 33.8 Å². The highest BCUT2D eigenvalue weighted by Crippen LogP contribution is 2.24. The van der Waals surface area contributed by atoms with Crippen LogP contribution in [0.15, 0.2) is 17.0 Å². The van der Waals surface area contributed by atoms with Crippen molar-refractivity contribution in [2.45, 2.75) is 20.3 Å². The molecule has 0 amide bonds. The highest BCUT2D eigenvalue weighted by molar-refractivity contribution is 7.08. The number of nitrogens with zero attached hydrogens (tertiary/aromatic N) is 2. The molecule has 2 heterocycles. The number of carboxylic acids is 1. The average Bonchev–Trinajstić information content (AvgIpc) is 2.74. The number of aromatic nitrogens is 2. The Hall–Kier alpha value is -1.75. The molecule has 2 rings (SSSR count). The molecule has 0 aliphatic heterocycles. The zero-order chi connectivity index (χ0) is 12.4. The van der Waals surface area contributed by atoms with Crippen molar-refractivity contribution in [1.82, 2.24) is 9.97 Å². The molecular weight excluding hydrogens is 236 g/mol. The van der Waals surface area contributed by atoms with E-state index in [1.54, 1.807) is 11.3 Å². The molecule has 1 N–H and O–H groups in total. The number of aromatic carboxylic acids is 1. The van der Waals surface area contributed by atoms with Gasteiger partial charge in [0.15, 0.2) is 5.82 Å². The van der Waals surface area contributed by atoms with E-state index in [2.05, 4.69) is 9.97 Å². The van der Waals surface area contributed by atoms with Crippen molar-refractivity contribution in [3.63, 3.8) is 0 Å². The van der Waals surface area contributed by atoms with Crippen LogP contribution in [0.4, 0.5) is 0 Å². The SMILES string of the molecule is CCc1nc(-c2cscc2C)ncc1C(=O)O. The molecule has 2 aromatic rings. The second kappa shape index (κ2) is 4.63. The van der Waals surface area contributed by atoms with E-state index in [-0.39, 0.29) is 5.56 Å². The Morgan fingerprint density at radius 2 is 2.24 bits per heavy atom. The summed E-state index contributed by atoms with van der Waals surface area (Å²) >= 11 is 1.59. The quantitative estimate of drug-likeness (QED) is 0.907. The number of hydrogen-bond acceptors (Lipinski definition) is 4. The highest BCUT2D eigenvalue weighted by atomic mass is 32.1. The third-order valence-electron chi connectivity index (χ3n) is 2.53. The normalized spacial score (nSPS) is 10.5. The molecule has 0 aromatic carbocycles. The third-order valence-corrected chi connectivity index (χ3v) is 3.39. The Bertz CT molecular complexity index is 563. The van der Waals surface area contributed by atoms with Crippen molar-refractivity contribution >= 4 is 17.3 Å². The molecule has 0 saturated carbocycles. The first-order chi connectivity index (χ1) is 8.13. The number of rotatable bonds is 3. The lowest BCUT2D eigenvalue weighted by molar-refractivity contribution is 0.0694. The van der Waals surface area contributed by atoms with E-state index in [4.69, 9.17) is 5.11 Å². The fourth-order valence-corrected chi connectivity index (χ4v) is 2.41. The van der Waals surface area contributed by atoms with Gasteiger partial charge in [0, 0.05) is 17.1 Å². The summed E-state index contributed by atoms with van der Waals surface area (Å²) in [5, 5.41) is 13.0. The topological polar surface area (TPSA) is 63.1 Å². The van der Waals surface area contributed by atoms with Crippen LogP contribution in [0.5, 0.6) is 0 Å². The predicted molar refractivity (Wildman–Crippen MR) is 66.4 cm³/mol. The lowest BCUT2D eigenvalue weighted by Crippen LogP contribution is -2.06. The summed E-state index contributed by atoms with van der Waals surface area (Å²) in [7, 11) is 0. The second-order valence-corrected chi connectivity index (χ2v) is 4.42. The molecule has 0 unspecified atom stereocenters. The Labute approximate surface area is 103 Å². The summed E-state index contributed by atoms with van der Waals surface area (Å²) in [5.41, 5.74) is 2.85. The van der Waals surface area contributed by atoms with Crippen LogP contribution in [0.1, 0.15) is 28.5 Å². The standard InChI is InChI=1S/C12H12N2O2S/c1-3-10-8(12(15)16)4-13-11(14-10)9-6-17-5-7(9)2/h4-6H,3H2,1-2H3,(H,15,16). The van der Waals surface area contributed by atoms with Crippen molar-refractivity contribution in [2.24, 2.45) is 0 Å². The summed E-state index contributed by atoms with van der Waals surface area (Å²) in [5.74, 6) is -0.374. The van der Waals surface area contributed by atoms with E-state index in [0.717, 1.165) is 11.1 Å². The number of hydrogen-bond donors (Lipinski definition) is 1. The number of carboxylic acid groups (broad SMARTS) is 1. The van der Waals surface area contributed by atoms with Crippen molar-refractivity contribution in [2.75, 3.05) is 0 Å². The lowest BCUT2D eigenvalue weighted by atomic mass is 10.1. The lowest BCUT2D eigenvalue weighted by Gasteiger charge is -2.05. The van der Waals surface area contributed by atoms with Crippen LogP contribution >= 0.6 is 11.3 Å². The van der Waals surface area contributed by atoms with Crippen molar-refractivity contribution < 1.29 is 9.90 Å². The van der Waals surface area contributed by atoms with Crippen LogP contribution in [0.3, 0.4) is 0 Å². The largest absolute Gasteiger partial charge is 0.478 e. The minimum atomic E-state index is -0.976. The fraction of sp³-hybridized carbons (Fsp3) is 0.250. The maximum absolute atomic E-state index is 11.0. The van der Waals surface area contributed by atoms with E-state index >= 15 is 0 Å². The minimum Gasteiger partial charge on any atom is -0.478 e. The molecule has 0 aliphatic rings. The molecule has 2 aromatic heterocycles. The summed E-state index contributed by atoms with van der Waals surface area (Å²) < 4.78 is 0.